The first-order valence-electron chi connectivity index (χ1n) is 7.58. The summed E-state index contributed by atoms with van der Waals surface area (Å²) in [5, 5.41) is 11.4. The molecule has 2 rings (SSSR count). The molecule has 1 aliphatic carbocycles. The summed E-state index contributed by atoms with van der Waals surface area (Å²) in [7, 11) is 1.41. The average molecular weight is 300 g/mol. The van der Waals surface area contributed by atoms with Gasteiger partial charge in [0.1, 0.15) is 5.75 Å². The highest BCUT2D eigenvalue weighted by atomic mass is 16.5. The summed E-state index contributed by atoms with van der Waals surface area (Å²) >= 11 is 0. The third-order valence-corrected chi connectivity index (χ3v) is 3.87. The summed E-state index contributed by atoms with van der Waals surface area (Å²) in [5.41, 5.74) is 0.323. The molecule has 1 aromatic rings. The smallest absolute Gasteiger partial charge is 0.245 e. The molecule has 1 fully saturated rings. The van der Waals surface area contributed by atoms with Crippen molar-refractivity contribution in [1.29, 1.82) is 5.26 Å². The van der Waals surface area contributed by atoms with E-state index in [1.807, 2.05) is 0 Å². The standard InChI is InChI=1S/C17H20N2O3/c1-19-17(21)15(11-18)16(20)12-6-5-9-14(10-12)22-13-7-3-2-4-8-13/h5-6,9-10,13,15H,2-4,7-8H2,1H3,(H,19,21)/t15-/m1/s1. The Kier molecular flexibility index (Phi) is 5.54. The van der Waals surface area contributed by atoms with Crippen LogP contribution >= 0.6 is 0 Å². The Bertz CT molecular complexity index is 586. The van der Waals surface area contributed by atoms with Crippen LogP contribution in [0.4, 0.5) is 0 Å². The van der Waals surface area contributed by atoms with Crippen LogP contribution in [0.25, 0.3) is 0 Å². The van der Waals surface area contributed by atoms with Gasteiger partial charge in [0, 0.05) is 12.6 Å². The van der Waals surface area contributed by atoms with Crippen molar-refractivity contribution in [3.8, 4) is 11.8 Å². The van der Waals surface area contributed by atoms with Gasteiger partial charge in [-0.15, -0.1) is 0 Å². The molecule has 116 valence electrons. The molecule has 0 radical (unpaired) electrons. The van der Waals surface area contributed by atoms with Gasteiger partial charge < -0.3 is 10.1 Å². The molecule has 0 saturated heterocycles. The van der Waals surface area contributed by atoms with E-state index >= 15 is 0 Å². The maximum absolute atomic E-state index is 12.3. The maximum atomic E-state index is 12.3. The number of rotatable bonds is 5. The van der Waals surface area contributed by atoms with Crippen LogP contribution in [-0.4, -0.2) is 24.8 Å². The van der Waals surface area contributed by atoms with Gasteiger partial charge in [0.15, 0.2) is 11.7 Å². The lowest BCUT2D eigenvalue weighted by atomic mass is 9.97. The van der Waals surface area contributed by atoms with E-state index < -0.39 is 17.6 Å². The van der Waals surface area contributed by atoms with Crippen LogP contribution in [0, 0.1) is 17.2 Å². The zero-order valence-corrected chi connectivity index (χ0v) is 12.7. The van der Waals surface area contributed by atoms with Gasteiger partial charge in [0.2, 0.25) is 5.91 Å². The monoisotopic (exact) mass is 300 g/mol. The molecule has 0 aliphatic heterocycles. The molecule has 0 spiro atoms. The van der Waals surface area contributed by atoms with E-state index in [4.69, 9.17) is 10.00 Å². The van der Waals surface area contributed by atoms with E-state index in [2.05, 4.69) is 5.32 Å². The first kappa shape index (κ1) is 16.0. The van der Waals surface area contributed by atoms with E-state index in [1.54, 1.807) is 30.3 Å². The Morgan fingerprint density at radius 3 is 2.68 bits per heavy atom. The highest BCUT2D eigenvalue weighted by Crippen LogP contribution is 2.24. The number of hydrogen-bond acceptors (Lipinski definition) is 4. The summed E-state index contributed by atoms with van der Waals surface area (Å²) in [4.78, 5) is 23.9. The number of ether oxygens (including phenoxy) is 1. The maximum Gasteiger partial charge on any atom is 0.245 e. The molecular formula is C17H20N2O3. The first-order chi connectivity index (χ1) is 10.7. The minimum atomic E-state index is -1.32. The molecule has 1 N–H and O–H groups in total. The van der Waals surface area contributed by atoms with Crippen molar-refractivity contribution in [3.05, 3.63) is 29.8 Å². The highest BCUT2D eigenvalue weighted by Gasteiger charge is 2.27. The van der Waals surface area contributed by atoms with Crippen molar-refractivity contribution < 1.29 is 14.3 Å². The molecule has 5 nitrogen and oxygen atoms in total. The van der Waals surface area contributed by atoms with Crippen molar-refractivity contribution >= 4 is 11.7 Å². The molecular weight excluding hydrogens is 280 g/mol. The third-order valence-electron chi connectivity index (χ3n) is 3.87. The number of carbonyl (C=O) groups excluding carboxylic acids is 2. The summed E-state index contributed by atoms with van der Waals surface area (Å²) < 4.78 is 5.91. The second-order valence-corrected chi connectivity index (χ2v) is 5.45. The molecule has 0 unspecified atom stereocenters. The van der Waals surface area contributed by atoms with Crippen molar-refractivity contribution in [2.75, 3.05) is 7.05 Å². The average Bonchev–Trinajstić information content (AvgIpc) is 2.56. The van der Waals surface area contributed by atoms with Crippen molar-refractivity contribution in [2.45, 2.75) is 38.2 Å². The lowest BCUT2D eigenvalue weighted by molar-refractivity contribution is -0.121. The van der Waals surface area contributed by atoms with Gasteiger partial charge in [-0.2, -0.15) is 5.26 Å². The van der Waals surface area contributed by atoms with Gasteiger partial charge in [-0.1, -0.05) is 18.6 Å². The minimum absolute atomic E-state index is 0.185. The molecule has 1 amide bonds. The van der Waals surface area contributed by atoms with Crippen LogP contribution < -0.4 is 10.1 Å². The second-order valence-electron chi connectivity index (χ2n) is 5.45. The number of nitrogens with zero attached hydrogens (tertiary/aromatic N) is 1. The van der Waals surface area contributed by atoms with Crippen LogP contribution in [-0.2, 0) is 4.79 Å². The zero-order chi connectivity index (χ0) is 15.9. The van der Waals surface area contributed by atoms with E-state index in [9.17, 15) is 9.59 Å². The Hall–Kier alpha value is -2.35. The van der Waals surface area contributed by atoms with E-state index in [-0.39, 0.29) is 6.10 Å². The lowest BCUT2D eigenvalue weighted by Gasteiger charge is -2.23. The summed E-state index contributed by atoms with van der Waals surface area (Å²) in [6.07, 6.45) is 5.81. The van der Waals surface area contributed by atoms with Gasteiger partial charge in [-0.25, -0.2) is 0 Å². The molecule has 1 saturated carbocycles. The number of benzene rings is 1. The number of amides is 1. The Morgan fingerprint density at radius 1 is 1.32 bits per heavy atom. The van der Waals surface area contributed by atoms with Crippen LogP contribution in [0.3, 0.4) is 0 Å². The third kappa shape index (κ3) is 3.85. The van der Waals surface area contributed by atoms with Gasteiger partial charge in [-0.3, -0.25) is 9.59 Å². The lowest BCUT2D eigenvalue weighted by Crippen LogP contribution is -2.32. The van der Waals surface area contributed by atoms with Crippen molar-refractivity contribution in [3.63, 3.8) is 0 Å². The number of ketones is 1. The van der Waals surface area contributed by atoms with Crippen molar-refractivity contribution in [1.82, 2.24) is 5.32 Å². The van der Waals surface area contributed by atoms with E-state index in [0.29, 0.717) is 11.3 Å². The van der Waals surface area contributed by atoms with Crippen molar-refractivity contribution in [2.24, 2.45) is 5.92 Å². The zero-order valence-electron chi connectivity index (χ0n) is 12.7. The predicted molar refractivity (Wildman–Crippen MR) is 81.4 cm³/mol. The van der Waals surface area contributed by atoms with Crippen LogP contribution in [0.5, 0.6) is 5.75 Å². The van der Waals surface area contributed by atoms with Gasteiger partial charge in [-0.05, 0) is 37.8 Å². The van der Waals surface area contributed by atoms with Gasteiger partial charge in [0.25, 0.3) is 0 Å². The minimum Gasteiger partial charge on any atom is -0.490 e. The Morgan fingerprint density at radius 2 is 2.05 bits per heavy atom. The highest BCUT2D eigenvalue weighted by molar-refractivity contribution is 6.12. The predicted octanol–water partition coefficient (Wildman–Crippen LogP) is 2.47. The largest absolute Gasteiger partial charge is 0.490 e. The molecule has 1 aromatic carbocycles. The van der Waals surface area contributed by atoms with Gasteiger partial charge >= 0.3 is 0 Å². The normalized spacial score (nSPS) is 16.4. The number of nitrogens with one attached hydrogen (secondary N) is 1. The number of hydrogen-bond donors (Lipinski definition) is 1. The van der Waals surface area contributed by atoms with Crippen LogP contribution in [0.2, 0.25) is 0 Å². The van der Waals surface area contributed by atoms with E-state index in [1.165, 1.54) is 13.5 Å². The Labute approximate surface area is 130 Å². The topological polar surface area (TPSA) is 79.2 Å². The number of carbonyl (C=O) groups is 2. The molecule has 5 heteroatoms. The fourth-order valence-corrected chi connectivity index (χ4v) is 2.65. The first-order valence-corrected chi connectivity index (χ1v) is 7.58. The summed E-state index contributed by atoms with van der Waals surface area (Å²) in [5.74, 6) is -1.80. The summed E-state index contributed by atoms with van der Waals surface area (Å²) in [6, 6.07) is 8.48. The number of Topliss-reactive ketones (excluding diaryl/α,β-unsaturated/α-hetero) is 1. The fourth-order valence-electron chi connectivity index (χ4n) is 2.65. The molecule has 1 atom stereocenters. The Balaban J connectivity index is 2.11. The molecule has 0 bridgehead atoms. The number of nitriles is 1. The van der Waals surface area contributed by atoms with E-state index in [0.717, 1.165) is 25.7 Å². The molecule has 1 aliphatic rings. The quantitative estimate of drug-likeness (QED) is 0.669. The molecule has 0 heterocycles. The van der Waals surface area contributed by atoms with Crippen LogP contribution in [0.1, 0.15) is 42.5 Å². The van der Waals surface area contributed by atoms with Crippen LogP contribution in [0.15, 0.2) is 24.3 Å². The molecule has 22 heavy (non-hydrogen) atoms. The van der Waals surface area contributed by atoms with Gasteiger partial charge in [0.05, 0.1) is 12.2 Å². The SMILES string of the molecule is CNC(=O)[C@H](C#N)C(=O)c1cccc(OC2CCCCC2)c1. The second kappa shape index (κ2) is 7.60. The summed E-state index contributed by atoms with van der Waals surface area (Å²) in [6.45, 7) is 0. The fraction of sp³-hybridized carbons (Fsp3) is 0.471. The molecule has 0 aromatic heterocycles.